The maximum Gasteiger partial charge on any atom is 0.422 e. The number of hydrogen-bond acceptors (Lipinski definition) is 4. The van der Waals surface area contributed by atoms with E-state index in [0.29, 0.717) is 0 Å². The number of carbonyl (C=O) groups excluding carboxylic acids is 1. The molecule has 0 rings (SSSR count). The maximum absolute atomic E-state index is 12.6. The Morgan fingerprint density at radius 1 is 1.24 bits per heavy atom. The summed E-state index contributed by atoms with van der Waals surface area (Å²) >= 11 is 0. The molecule has 1 atom stereocenters. The number of hydrogen-bond donors (Lipinski definition) is 3. The number of halogens is 3. The Hall–Kier alpha value is -1.56. The number of nitrogens with zero attached hydrogens (tertiary/aromatic N) is 1. The summed E-state index contributed by atoms with van der Waals surface area (Å²) in [5.41, 5.74) is -3.47. The van der Waals surface area contributed by atoms with Gasteiger partial charge in [0.15, 0.2) is 0 Å². The van der Waals surface area contributed by atoms with Crippen LogP contribution in [0.2, 0.25) is 0 Å². The highest BCUT2D eigenvalue weighted by Crippen LogP contribution is 2.30. The van der Waals surface area contributed by atoms with Crippen molar-refractivity contribution in [3.05, 3.63) is 0 Å². The van der Waals surface area contributed by atoms with Crippen LogP contribution >= 0.6 is 0 Å². The van der Waals surface area contributed by atoms with Gasteiger partial charge in [0.1, 0.15) is 0 Å². The molecule has 0 heterocycles. The van der Waals surface area contributed by atoms with Crippen molar-refractivity contribution in [3.63, 3.8) is 0 Å². The fraction of sp³-hybridized carbons (Fsp3) is 0.778. The zero-order chi connectivity index (χ0) is 17.1. The van der Waals surface area contributed by atoms with E-state index in [2.05, 4.69) is 0 Å². The van der Waals surface area contributed by atoms with Crippen LogP contribution in [-0.2, 0) is 14.8 Å². The summed E-state index contributed by atoms with van der Waals surface area (Å²) in [5, 5.41) is 11.7. The van der Waals surface area contributed by atoms with Crippen molar-refractivity contribution in [3.8, 4) is 0 Å². The SMILES string of the molecule is CN(C)S(=O)(=O)CCNC(=O)NC(C)(C(=O)O)C(F)(F)F. The third-order valence-electron chi connectivity index (χ3n) is 2.56. The Labute approximate surface area is 119 Å². The average Bonchev–Trinajstić information content (AvgIpc) is 2.26. The second-order valence-electron chi connectivity index (χ2n) is 4.41. The lowest BCUT2D eigenvalue weighted by Crippen LogP contribution is -2.63. The van der Waals surface area contributed by atoms with Gasteiger partial charge in [0.2, 0.25) is 15.6 Å². The highest BCUT2D eigenvalue weighted by Gasteiger charge is 2.58. The highest BCUT2D eigenvalue weighted by atomic mass is 32.2. The van der Waals surface area contributed by atoms with Crippen LogP contribution in [0.5, 0.6) is 0 Å². The fourth-order valence-electron chi connectivity index (χ4n) is 0.993. The van der Waals surface area contributed by atoms with Crippen molar-refractivity contribution in [1.82, 2.24) is 14.9 Å². The lowest BCUT2D eigenvalue weighted by molar-refractivity contribution is -0.203. The minimum Gasteiger partial charge on any atom is -0.479 e. The highest BCUT2D eigenvalue weighted by molar-refractivity contribution is 7.89. The van der Waals surface area contributed by atoms with E-state index in [1.165, 1.54) is 19.4 Å². The van der Waals surface area contributed by atoms with Gasteiger partial charge in [0.25, 0.3) is 0 Å². The molecule has 0 aromatic rings. The van der Waals surface area contributed by atoms with Crippen molar-refractivity contribution < 1.29 is 36.3 Å². The second-order valence-corrected chi connectivity index (χ2v) is 6.71. The minimum absolute atomic E-state index is 0.283. The van der Waals surface area contributed by atoms with Crippen LogP contribution < -0.4 is 10.6 Å². The molecule has 21 heavy (non-hydrogen) atoms. The van der Waals surface area contributed by atoms with Crippen LogP contribution in [0.4, 0.5) is 18.0 Å². The summed E-state index contributed by atoms with van der Waals surface area (Å²) in [4.78, 5) is 21.9. The predicted molar refractivity (Wildman–Crippen MR) is 66.1 cm³/mol. The number of sulfonamides is 1. The molecule has 8 nitrogen and oxygen atoms in total. The lowest BCUT2D eigenvalue weighted by atomic mass is 10.0. The molecule has 0 aliphatic heterocycles. The van der Waals surface area contributed by atoms with Crippen molar-refractivity contribution in [2.45, 2.75) is 18.6 Å². The van der Waals surface area contributed by atoms with Gasteiger partial charge >= 0.3 is 18.2 Å². The Bertz CT molecular complexity index is 505. The molecule has 0 aromatic carbocycles. The van der Waals surface area contributed by atoms with Gasteiger partial charge in [0.05, 0.1) is 5.75 Å². The van der Waals surface area contributed by atoms with Crippen LogP contribution in [0.25, 0.3) is 0 Å². The van der Waals surface area contributed by atoms with Crippen LogP contribution in [0.15, 0.2) is 0 Å². The molecule has 0 radical (unpaired) electrons. The molecule has 0 saturated carbocycles. The molecular formula is C9H16F3N3O5S. The molecule has 0 aliphatic rings. The summed E-state index contributed by atoms with van der Waals surface area (Å²) < 4.78 is 61.4. The third-order valence-corrected chi connectivity index (χ3v) is 4.39. The summed E-state index contributed by atoms with van der Waals surface area (Å²) in [6, 6.07) is -1.44. The van der Waals surface area contributed by atoms with E-state index < -0.39 is 46.0 Å². The van der Waals surface area contributed by atoms with Gasteiger partial charge in [-0.15, -0.1) is 0 Å². The standard InChI is InChI=1S/C9H16F3N3O5S/c1-8(6(16)17,9(10,11)12)14-7(18)13-4-5-21(19,20)15(2)3/h4-5H2,1-3H3,(H,16,17)(H2,13,14,18). The third kappa shape index (κ3) is 5.04. The Morgan fingerprint density at radius 3 is 2.05 bits per heavy atom. The first-order chi connectivity index (χ1) is 9.24. The zero-order valence-corrected chi connectivity index (χ0v) is 12.3. The molecule has 2 amide bonds. The number of carbonyl (C=O) groups is 2. The topological polar surface area (TPSA) is 116 Å². The number of carboxylic acid groups (broad SMARTS) is 1. The molecule has 1 unspecified atom stereocenters. The number of amides is 2. The van der Waals surface area contributed by atoms with Gasteiger partial charge in [-0.2, -0.15) is 13.2 Å². The van der Waals surface area contributed by atoms with Crippen molar-refractivity contribution >= 4 is 22.0 Å². The van der Waals surface area contributed by atoms with Crippen molar-refractivity contribution in [2.24, 2.45) is 0 Å². The van der Waals surface area contributed by atoms with E-state index in [4.69, 9.17) is 5.11 Å². The number of urea groups is 1. The lowest BCUT2D eigenvalue weighted by Gasteiger charge is -2.28. The van der Waals surface area contributed by atoms with E-state index in [1.807, 2.05) is 5.32 Å². The Kier molecular flexibility index (Phi) is 5.99. The fourth-order valence-corrected chi connectivity index (χ4v) is 1.72. The molecule has 0 fully saturated rings. The molecule has 124 valence electrons. The first-order valence-corrected chi connectivity index (χ1v) is 7.11. The van der Waals surface area contributed by atoms with Gasteiger partial charge in [-0.3, -0.25) is 0 Å². The van der Waals surface area contributed by atoms with E-state index in [9.17, 15) is 31.2 Å². The molecule has 3 N–H and O–H groups in total. The minimum atomic E-state index is -5.22. The summed E-state index contributed by atoms with van der Waals surface area (Å²) in [6.07, 6.45) is -5.22. The summed E-state index contributed by atoms with van der Waals surface area (Å²) in [5.74, 6) is -2.82. The maximum atomic E-state index is 12.6. The number of aliphatic carboxylic acids is 1. The van der Waals surface area contributed by atoms with Crippen LogP contribution in [0.3, 0.4) is 0 Å². The number of carboxylic acids is 1. The smallest absolute Gasteiger partial charge is 0.422 e. The normalized spacial score (nSPS) is 15.4. The quantitative estimate of drug-likeness (QED) is 0.610. The van der Waals surface area contributed by atoms with Gasteiger partial charge in [0, 0.05) is 20.6 Å². The molecular weight excluding hydrogens is 319 g/mol. The van der Waals surface area contributed by atoms with Crippen LogP contribution in [0.1, 0.15) is 6.92 Å². The van der Waals surface area contributed by atoms with E-state index in [1.54, 1.807) is 0 Å². The van der Waals surface area contributed by atoms with Gasteiger partial charge in [-0.05, 0) is 6.92 Å². The number of rotatable bonds is 6. The number of alkyl halides is 3. The van der Waals surface area contributed by atoms with E-state index in [0.717, 1.165) is 4.31 Å². The number of nitrogens with one attached hydrogen (secondary N) is 2. The zero-order valence-electron chi connectivity index (χ0n) is 11.5. The van der Waals surface area contributed by atoms with Crippen LogP contribution in [-0.4, -0.2) is 67.9 Å². The van der Waals surface area contributed by atoms with Crippen molar-refractivity contribution in [2.75, 3.05) is 26.4 Å². The molecule has 0 aliphatic carbocycles. The molecule has 0 saturated heterocycles. The Morgan fingerprint density at radius 2 is 1.71 bits per heavy atom. The summed E-state index contributed by atoms with van der Waals surface area (Å²) in [7, 11) is -1.13. The van der Waals surface area contributed by atoms with Gasteiger partial charge in [-0.25, -0.2) is 22.3 Å². The second kappa shape index (κ2) is 6.47. The van der Waals surface area contributed by atoms with Gasteiger partial charge < -0.3 is 15.7 Å². The predicted octanol–water partition coefficient (Wildman–Crippen LogP) is -0.417. The summed E-state index contributed by atoms with van der Waals surface area (Å²) in [6.45, 7) is -0.189. The molecule has 0 aromatic heterocycles. The first kappa shape index (κ1) is 19.4. The van der Waals surface area contributed by atoms with Gasteiger partial charge in [-0.1, -0.05) is 0 Å². The average molecular weight is 335 g/mol. The molecule has 0 bridgehead atoms. The molecule has 12 heteroatoms. The van der Waals surface area contributed by atoms with Crippen molar-refractivity contribution in [1.29, 1.82) is 0 Å². The monoisotopic (exact) mass is 335 g/mol. The van der Waals surface area contributed by atoms with E-state index in [-0.39, 0.29) is 6.92 Å². The van der Waals surface area contributed by atoms with E-state index >= 15 is 0 Å². The largest absolute Gasteiger partial charge is 0.479 e. The Balaban J connectivity index is 4.67. The van der Waals surface area contributed by atoms with Crippen LogP contribution in [0, 0.1) is 0 Å². The first-order valence-electron chi connectivity index (χ1n) is 5.50. The molecule has 0 spiro atoms.